The van der Waals surface area contributed by atoms with Crippen molar-refractivity contribution in [2.24, 2.45) is 11.1 Å². The van der Waals surface area contributed by atoms with Crippen LogP contribution in [-0.4, -0.2) is 12.3 Å². The SMILES string of the molecule is CC(C)C=NOC1CC1. The van der Waals surface area contributed by atoms with Crippen molar-refractivity contribution in [2.45, 2.75) is 32.8 Å². The lowest BCUT2D eigenvalue weighted by atomic mass is 10.3. The van der Waals surface area contributed by atoms with Crippen LogP contribution in [0.1, 0.15) is 26.7 Å². The van der Waals surface area contributed by atoms with Gasteiger partial charge in [-0.2, -0.15) is 0 Å². The third-order valence-corrected chi connectivity index (χ3v) is 1.09. The minimum Gasteiger partial charge on any atom is -0.393 e. The van der Waals surface area contributed by atoms with Gasteiger partial charge < -0.3 is 4.84 Å². The van der Waals surface area contributed by atoms with E-state index in [0.29, 0.717) is 12.0 Å². The van der Waals surface area contributed by atoms with Gasteiger partial charge in [0, 0.05) is 6.21 Å². The zero-order chi connectivity index (χ0) is 6.69. The number of hydrogen-bond acceptors (Lipinski definition) is 2. The van der Waals surface area contributed by atoms with E-state index in [9.17, 15) is 0 Å². The van der Waals surface area contributed by atoms with Crippen LogP contribution in [-0.2, 0) is 4.84 Å². The number of nitrogens with zero attached hydrogens (tertiary/aromatic N) is 1. The summed E-state index contributed by atoms with van der Waals surface area (Å²) in [6, 6.07) is 0. The number of oxime groups is 1. The fraction of sp³-hybridized carbons (Fsp3) is 0.857. The molecule has 0 N–H and O–H groups in total. The zero-order valence-corrected chi connectivity index (χ0v) is 6.00. The van der Waals surface area contributed by atoms with E-state index in [0.717, 1.165) is 0 Å². The minimum absolute atomic E-state index is 0.444. The van der Waals surface area contributed by atoms with E-state index in [1.165, 1.54) is 12.8 Å². The molecule has 0 bridgehead atoms. The molecule has 1 saturated carbocycles. The average molecular weight is 127 g/mol. The first-order valence-corrected chi connectivity index (χ1v) is 3.48. The molecule has 2 nitrogen and oxygen atoms in total. The normalized spacial score (nSPS) is 19.4. The van der Waals surface area contributed by atoms with Crippen molar-refractivity contribution in [3.05, 3.63) is 0 Å². The van der Waals surface area contributed by atoms with Gasteiger partial charge in [-0.25, -0.2) is 0 Å². The predicted molar refractivity (Wildman–Crippen MR) is 37.4 cm³/mol. The highest BCUT2D eigenvalue weighted by atomic mass is 16.6. The Balaban J connectivity index is 2.01. The zero-order valence-electron chi connectivity index (χ0n) is 6.00. The maximum atomic E-state index is 5.03. The molecule has 1 fully saturated rings. The summed E-state index contributed by atoms with van der Waals surface area (Å²) in [6.07, 6.45) is 4.66. The molecule has 52 valence electrons. The highest BCUT2D eigenvalue weighted by Crippen LogP contribution is 2.23. The summed E-state index contributed by atoms with van der Waals surface area (Å²) >= 11 is 0. The van der Waals surface area contributed by atoms with E-state index in [1.54, 1.807) is 0 Å². The molecule has 0 aromatic carbocycles. The lowest BCUT2D eigenvalue weighted by Crippen LogP contribution is -1.90. The van der Waals surface area contributed by atoms with E-state index in [-0.39, 0.29) is 0 Å². The molecule has 0 heterocycles. The summed E-state index contributed by atoms with van der Waals surface area (Å²) in [6.45, 7) is 4.17. The second-order valence-corrected chi connectivity index (χ2v) is 2.80. The van der Waals surface area contributed by atoms with Gasteiger partial charge in [-0.15, -0.1) is 0 Å². The van der Waals surface area contributed by atoms with Gasteiger partial charge in [-0.3, -0.25) is 0 Å². The van der Waals surface area contributed by atoms with Crippen LogP contribution in [0.3, 0.4) is 0 Å². The van der Waals surface area contributed by atoms with Crippen molar-refractivity contribution in [1.82, 2.24) is 0 Å². The summed E-state index contributed by atoms with van der Waals surface area (Å²) < 4.78 is 0. The van der Waals surface area contributed by atoms with E-state index in [2.05, 4.69) is 19.0 Å². The molecule has 1 aliphatic carbocycles. The Kier molecular flexibility index (Phi) is 2.09. The Labute approximate surface area is 55.9 Å². The molecule has 9 heavy (non-hydrogen) atoms. The Morgan fingerprint density at radius 3 is 2.67 bits per heavy atom. The third-order valence-electron chi connectivity index (χ3n) is 1.09. The summed E-state index contributed by atoms with van der Waals surface area (Å²) in [4.78, 5) is 5.03. The Bertz CT molecular complexity index is 105. The molecule has 2 heteroatoms. The van der Waals surface area contributed by atoms with Crippen LogP contribution in [0, 0.1) is 5.92 Å². The minimum atomic E-state index is 0.444. The third kappa shape index (κ3) is 3.12. The molecule has 1 rings (SSSR count). The first kappa shape index (κ1) is 6.59. The van der Waals surface area contributed by atoms with Gasteiger partial charge in [-0.1, -0.05) is 19.0 Å². The maximum Gasteiger partial charge on any atom is 0.127 e. The Morgan fingerprint density at radius 2 is 2.22 bits per heavy atom. The summed E-state index contributed by atoms with van der Waals surface area (Å²) in [5.41, 5.74) is 0. The van der Waals surface area contributed by atoms with E-state index < -0.39 is 0 Å². The molecular weight excluding hydrogens is 114 g/mol. The molecule has 1 aliphatic rings. The van der Waals surface area contributed by atoms with Crippen molar-refractivity contribution in [3.8, 4) is 0 Å². The van der Waals surface area contributed by atoms with Gasteiger partial charge in [0.25, 0.3) is 0 Å². The van der Waals surface area contributed by atoms with Crippen LogP contribution in [0.4, 0.5) is 0 Å². The van der Waals surface area contributed by atoms with Crippen molar-refractivity contribution in [1.29, 1.82) is 0 Å². The first-order valence-electron chi connectivity index (χ1n) is 3.48. The molecule has 0 aromatic heterocycles. The molecule has 0 atom stereocenters. The van der Waals surface area contributed by atoms with Crippen LogP contribution in [0.25, 0.3) is 0 Å². The predicted octanol–water partition coefficient (Wildman–Crippen LogP) is 1.81. The molecule has 0 unspecified atom stereocenters. The van der Waals surface area contributed by atoms with Gasteiger partial charge in [0.2, 0.25) is 0 Å². The Morgan fingerprint density at radius 1 is 1.56 bits per heavy atom. The average Bonchev–Trinajstić information content (AvgIpc) is 2.48. The first-order chi connectivity index (χ1) is 4.29. The number of rotatable bonds is 3. The summed E-state index contributed by atoms with van der Waals surface area (Å²) in [7, 11) is 0. The Hall–Kier alpha value is -0.530. The van der Waals surface area contributed by atoms with Crippen molar-refractivity contribution >= 4 is 6.21 Å². The second kappa shape index (κ2) is 2.85. The molecule has 0 radical (unpaired) electrons. The van der Waals surface area contributed by atoms with Gasteiger partial charge in [0.15, 0.2) is 0 Å². The lowest BCUT2D eigenvalue weighted by Gasteiger charge is -1.93. The standard InChI is InChI=1S/C7H13NO/c1-6(2)5-8-9-7-3-4-7/h5-7H,3-4H2,1-2H3. The van der Waals surface area contributed by atoms with Crippen LogP contribution in [0.15, 0.2) is 5.16 Å². The van der Waals surface area contributed by atoms with Crippen LogP contribution in [0.2, 0.25) is 0 Å². The van der Waals surface area contributed by atoms with Crippen LogP contribution < -0.4 is 0 Å². The number of hydrogen-bond donors (Lipinski definition) is 0. The van der Waals surface area contributed by atoms with Gasteiger partial charge >= 0.3 is 0 Å². The molecule has 0 spiro atoms. The summed E-state index contributed by atoms with van der Waals surface area (Å²) in [5.74, 6) is 0.503. The summed E-state index contributed by atoms with van der Waals surface area (Å²) in [5, 5.41) is 3.81. The van der Waals surface area contributed by atoms with Gasteiger partial charge in [0.05, 0.1) is 0 Å². The monoisotopic (exact) mass is 127 g/mol. The second-order valence-electron chi connectivity index (χ2n) is 2.80. The van der Waals surface area contributed by atoms with Crippen molar-refractivity contribution in [2.75, 3.05) is 0 Å². The fourth-order valence-corrected chi connectivity index (χ4v) is 0.416. The highest BCUT2D eigenvalue weighted by molar-refractivity contribution is 5.58. The van der Waals surface area contributed by atoms with Gasteiger partial charge in [0.1, 0.15) is 6.10 Å². The quantitative estimate of drug-likeness (QED) is 0.418. The largest absolute Gasteiger partial charge is 0.393 e. The van der Waals surface area contributed by atoms with Crippen LogP contribution >= 0.6 is 0 Å². The topological polar surface area (TPSA) is 21.6 Å². The van der Waals surface area contributed by atoms with E-state index in [4.69, 9.17) is 4.84 Å². The van der Waals surface area contributed by atoms with Gasteiger partial charge in [-0.05, 0) is 18.8 Å². The maximum absolute atomic E-state index is 5.03. The molecular formula is C7H13NO. The van der Waals surface area contributed by atoms with Crippen molar-refractivity contribution in [3.63, 3.8) is 0 Å². The molecule has 0 aliphatic heterocycles. The van der Waals surface area contributed by atoms with E-state index in [1.807, 2.05) is 6.21 Å². The van der Waals surface area contributed by atoms with E-state index >= 15 is 0 Å². The molecule has 0 saturated heterocycles. The smallest absolute Gasteiger partial charge is 0.127 e. The van der Waals surface area contributed by atoms with Crippen molar-refractivity contribution < 1.29 is 4.84 Å². The lowest BCUT2D eigenvalue weighted by molar-refractivity contribution is 0.129. The highest BCUT2D eigenvalue weighted by Gasteiger charge is 2.23. The fourth-order valence-electron chi connectivity index (χ4n) is 0.416. The van der Waals surface area contributed by atoms with Crippen LogP contribution in [0.5, 0.6) is 0 Å². The molecule has 0 amide bonds. The molecule has 0 aromatic rings.